The molecule has 0 fully saturated rings. The summed E-state index contributed by atoms with van der Waals surface area (Å²) >= 11 is 13.3. The van der Waals surface area contributed by atoms with Crippen LogP contribution in [0.5, 0.6) is 0 Å². The molecular formula is C21H12Cl2F3N5S. The Kier molecular flexibility index (Phi) is 6.40. The quantitative estimate of drug-likeness (QED) is 0.239. The van der Waals surface area contributed by atoms with Crippen molar-refractivity contribution in [2.24, 2.45) is 5.10 Å². The number of hydrazone groups is 1. The number of thiazole rings is 1. The number of hydrogen-bond acceptors (Lipinski definition) is 6. The average Bonchev–Trinajstić information content (AvgIpc) is 3.26. The van der Waals surface area contributed by atoms with Crippen LogP contribution in [-0.4, -0.2) is 21.2 Å². The van der Waals surface area contributed by atoms with Gasteiger partial charge in [-0.25, -0.2) is 9.97 Å². The fourth-order valence-electron chi connectivity index (χ4n) is 2.68. The first-order valence-electron chi connectivity index (χ1n) is 9.00. The van der Waals surface area contributed by atoms with Crippen LogP contribution in [0.1, 0.15) is 11.3 Å². The summed E-state index contributed by atoms with van der Waals surface area (Å²) in [6.45, 7) is 0. The Hall–Kier alpha value is -3.01. The van der Waals surface area contributed by atoms with Crippen LogP contribution < -0.4 is 5.43 Å². The van der Waals surface area contributed by atoms with Gasteiger partial charge in [0.05, 0.1) is 43.8 Å². The molecule has 0 spiro atoms. The van der Waals surface area contributed by atoms with Gasteiger partial charge in [0.15, 0.2) is 0 Å². The summed E-state index contributed by atoms with van der Waals surface area (Å²) in [6, 6.07) is 10.7. The Bertz CT molecular complexity index is 1250. The molecule has 11 heteroatoms. The molecule has 0 saturated heterocycles. The summed E-state index contributed by atoms with van der Waals surface area (Å²) in [5, 5.41) is 4.43. The SMILES string of the molecule is FC(F)(F)c1cc(Cl)c(N/N=C/c2cccc(-c3cnc(-c4cccnc4)s3)n2)c(Cl)c1. The monoisotopic (exact) mass is 493 g/mol. The highest BCUT2D eigenvalue weighted by molar-refractivity contribution is 7.18. The van der Waals surface area contributed by atoms with Crippen LogP contribution in [0, 0.1) is 0 Å². The molecule has 0 atom stereocenters. The molecule has 3 aromatic heterocycles. The smallest absolute Gasteiger partial charge is 0.275 e. The van der Waals surface area contributed by atoms with Crippen molar-refractivity contribution in [3.63, 3.8) is 0 Å². The van der Waals surface area contributed by atoms with E-state index in [2.05, 4.69) is 25.5 Å². The first kappa shape index (κ1) is 22.2. The third-order valence-corrected chi connectivity index (χ3v) is 5.84. The number of alkyl halides is 3. The molecule has 0 bridgehead atoms. The van der Waals surface area contributed by atoms with E-state index in [0.29, 0.717) is 11.4 Å². The van der Waals surface area contributed by atoms with Gasteiger partial charge in [0, 0.05) is 24.2 Å². The summed E-state index contributed by atoms with van der Waals surface area (Å²) in [5.74, 6) is 0. The lowest BCUT2D eigenvalue weighted by molar-refractivity contribution is -0.137. The van der Waals surface area contributed by atoms with Crippen LogP contribution in [-0.2, 0) is 6.18 Å². The maximum Gasteiger partial charge on any atom is 0.416 e. The molecule has 0 radical (unpaired) electrons. The number of hydrogen-bond donors (Lipinski definition) is 1. The third-order valence-electron chi connectivity index (χ3n) is 4.18. The van der Waals surface area contributed by atoms with Crippen LogP contribution in [0.25, 0.3) is 21.1 Å². The summed E-state index contributed by atoms with van der Waals surface area (Å²) < 4.78 is 38.5. The van der Waals surface area contributed by atoms with Crippen molar-refractivity contribution in [3.05, 3.63) is 82.4 Å². The van der Waals surface area contributed by atoms with Gasteiger partial charge in [0.1, 0.15) is 5.01 Å². The van der Waals surface area contributed by atoms with Crippen LogP contribution in [0.4, 0.5) is 18.9 Å². The van der Waals surface area contributed by atoms with Crippen molar-refractivity contribution in [1.29, 1.82) is 0 Å². The van der Waals surface area contributed by atoms with Crippen molar-refractivity contribution in [2.45, 2.75) is 6.18 Å². The Labute approximate surface area is 194 Å². The van der Waals surface area contributed by atoms with Crippen molar-refractivity contribution in [2.75, 3.05) is 5.43 Å². The molecule has 0 aliphatic rings. The van der Waals surface area contributed by atoms with Gasteiger partial charge in [-0.05, 0) is 36.4 Å². The van der Waals surface area contributed by atoms with Gasteiger partial charge in [0.25, 0.3) is 0 Å². The van der Waals surface area contributed by atoms with Crippen molar-refractivity contribution in [1.82, 2.24) is 15.0 Å². The topological polar surface area (TPSA) is 63.1 Å². The third kappa shape index (κ3) is 5.07. The van der Waals surface area contributed by atoms with E-state index >= 15 is 0 Å². The van der Waals surface area contributed by atoms with Gasteiger partial charge in [-0.15, -0.1) is 11.3 Å². The normalized spacial score (nSPS) is 11.8. The van der Waals surface area contributed by atoms with E-state index < -0.39 is 11.7 Å². The average molecular weight is 494 g/mol. The zero-order chi connectivity index (χ0) is 22.7. The number of nitrogens with zero attached hydrogens (tertiary/aromatic N) is 4. The fourth-order valence-corrected chi connectivity index (χ4v) is 4.13. The molecule has 1 aromatic carbocycles. The van der Waals surface area contributed by atoms with Crippen LogP contribution in [0.2, 0.25) is 10.0 Å². The van der Waals surface area contributed by atoms with Gasteiger partial charge in [-0.2, -0.15) is 18.3 Å². The van der Waals surface area contributed by atoms with Crippen molar-refractivity contribution >= 4 is 46.4 Å². The standard InChI is InChI=1S/C21H12Cl2F3N5S/c22-15-7-13(21(24,25)26)8-16(23)19(15)31-29-10-14-4-1-5-17(30-14)18-11-28-20(32-18)12-3-2-6-27-9-12/h1-11,31H/b29-10+. The molecule has 1 N–H and O–H groups in total. The molecule has 0 amide bonds. The van der Waals surface area contributed by atoms with Crippen molar-refractivity contribution in [3.8, 4) is 21.1 Å². The fraction of sp³-hybridized carbons (Fsp3) is 0.0476. The molecule has 162 valence electrons. The van der Waals surface area contributed by atoms with E-state index in [1.54, 1.807) is 24.7 Å². The second-order valence-corrected chi connectivity index (χ2v) is 8.25. The molecule has 0 aliphatic heterocycles. The molecule has 5 nitrogen and oxygen atoms in total. The Morgan fingerprint density at radius 1 is 1.03 bits per heavy atom. The lowest BCUT2D eigenvalue weighted by Gasteiger charge is -2.11. The minimum absolute atomic E-state index is 0.0670. The first-order valence-corrected chi connectivity index (χ1v) is 10.6. The van der Waals surface area contributed by atoms with Gasteiger partial charge in [-0.1, -0.05) is 29.3 Å². The zero-order valence-corrected chi connectivity index (χ0v) is 18.3. The Morgan fingerprint density at radius 2 is 1.81 bits per heavy atom. The Balaban J connectivity index is 1.51. The molecule has 4 rings (SSSR count). The summed E-state index contributed by atoms with van der Waals surface area (Å²) in [4.78, 5) is 13.9. The van der Waals surface area contributed by atoms with E-state index in [4.69, 9.17) is 23.2 Å². The van der Waals surface area contributed by atoms with Gasteiger partial charge in [0.2, 0.25) is 0 Å². The lowest BCUT2D eigenvalue weighted by atomic mass is 10.2. The summed E-state index contributed by atoms with van der Waals surface area (Å²) in [5.41, 5.74) is 3.84. The minimum atomic E-state index is -4.55. The number of anilines is 1. The minimum Gasteiger partial charge on any atom is -0.275 e. The number of halogens is 5. The van der Waals surface area contributed by atoms with Crippen LogP contribution in [0.3, 0.4) is 0 Å². The second kappa shape index (κ2) is 9.23. The highest BCUT2D eigenvalue weighted by Crippen LogP contribution is 2.38. The van der Waals surface area contributed by atoms with E-state index in [-0.39, 0.29) is 15.7 Å². The van der Waals surface area contributed by atoms with Crippen LogP contribution in [0.15, 0.2) is 66.2 Å². The van der Waals surface area contributed by atoms with E-state index in [0.717, 1.165) is 27.6 Å². The number of pyridine rings is 2. The highest BCUT2D eigenvalue weighted by Gasteiger charge is 2.32. The second-order valence-electron chi connectivity index (χ2n) is 6.40. The lowest BCUT2D eigenvalue weighted by Crippen LogP contribution is -2.05. The molecular weight excluding hydrogens is 482 g/mol. The molecule has 0 saturated carbocycles. The van der Waals surface area contributed by atoms with E-state index in [1.807, 2.05) is 24.3 Å². The zero-order valence-electron chi connectivity index (χ0n) is 15.9. The summed E-state index contributed by atoms with van der Waals surface area (Å²) in [7, 11) is 0. The summed E-state index contributed by atoms with van der Waals surface area (Å²) in [6.07, 6.45) is 2.03. The molecule has 0 aliphatic carbocycles. The first-order chi connectivity index (χ1) is 15.3. The van der Waals surface area contributed by atoms with E-state index in [9.17, 15) is 13.2 Å². The molecule has 32 heavy (non-hydrogen) atoms. The largest absolute Gasteiger partial charge is 0.416 e. The maximum atomic E-state index is 12.8. The van der Waals surface area contributed by atoms with E-state index in [1.165, 1.54) is 17.6 Å². The number of nitrogens with one attached hydrogen (secondary N) is 1. The molecule has 0 unspecified atom stereocenters. The predicted molar refractivity (Wildman–Crippen MR) is 121 cm³/mol. The van der Waals surface area contributed by atoms with Gasteiger partial charge in [-0.3, -0.25) is 10.4 Å². The number of rotatable bonds is 5. The maximum absolute atomic E-state index is 12.8. The number of aromatic nitrogens is 3. The van der Waals surface area contributed by atoms with Crippen molar-refractivity contribution < 1.29 is 13.2 Å². The molecule has 4 aromatic rings. The van der Waals surface area contributed by atoms with Gasteiger partial charge < -0.3 is 0 Å². The Morgan fingerprint density at radius 3 is 2.50 bits per heavy atom. The molecule has 3 heterocycles. The highest BCUT2D eigenvalue weighted by atomic mass is 35.5. The predicted octanol–water partition coefficient (Wildman–Crippen LogP) is 7.04. The number of benzene rings is 1. The van der Waals surface area contributed by atoms with Gasteiger partial charge >= 0.3 is 6.18 Å². The van der Waals surface area contributed by atoms with Crippen LogP contribution >= 0.6 is 34.5 Å².